The quantitative estimate of drug-likeness (QED) is 0.693. The number of carbonyl (C=O) groups excluding carboxylic acids is 1. The van der Waals surface area contributed by atoms with Gasteiger partial charge < -0.3 is 15.3 Å². The minimum atomic E-state index is -0.398. The third-order valence-corrected chi connectivity index (χ3v) is 9.24. The number of nitrogens with zero attached hydrogens (tertiary/aromatic N) is 2. The van der Waals surface area contributed by atoms with Gasteiger partial charge in [-0.15, -0.1) is 11.3 Å². The molecule has 0 radical (unpaired) electrons. The average molecular weight is 468 g/mol. The van der Waals surface area contributed by atoms with Crippen LogP contribution < -0.4 is 5.32 Å². The molecule has 1 amide bonds. The maximum absolute atomic E-state index is 12.7. The molecule has 2 saturated heterocycles. The van der Waals surface area contributed by atoms with Crippen LogP contribution >= 0.6 is 11.3 Å². The van der Waals surface area contributed by atoms with Crippen molar-refractivity contribution in [1.29, 1.82) is 0 Å². The third kappa shape index (κ3) is 4.38. The molecular weight excluding hydrogens is 430 g/mol. The van der Waals surface area contributed by atoms with E-state index in [9.17, 15) is 9.90 Å². The summed E-state index contributed by atoms with van der Waals surface area (Å²) in [5.74, 6) is 0.562. The molecule has 5 rings (SSSR count). The molecule has 2 aliphatic heterocycles. The van der Waals surface area contributed by atoms with Crippen LogP contribution in [0.1, 0.15) is 81.9 Å². The molecule has 1 aromatic heterocycles. The lowest BCUT2D eigenvalue weighted by molar-refractivity contribution is -0.134. The maximum Gasteiger partial charge on any atom is 0.239 e. The van der Waals surface area contributed by atoms with E-state index in [-0.39, 0.29) is 22.8 Å². The first-order valence-electron chi connectivity index (χ1n) is 12.5. The van der Waals surface area contributed by atoms with Crippen molar-refractivity contribution < 1.29 is 9.90 Å². The number of thiazole rings is 1. The largest absolute Gasteiger partial charge is 0.392 e. The second-order valence-corrected chi connectivity index (χ2v) is 12.4. The fraction of sp³-hybridized carbons (Fsp3) is 0.630. The van der Waals surface area contributed by atoms with Gasteiger partial charge in [-0.1, -0.05) is 39.8 Å². The van der Waals surface area contributed by atoms with Crippen LogP contribution in [0, 0.1) is 0 Å². The lowest BCUT2D eigenvalue weighted by Crippen LogP contribution is -2.46. The molecule has 0 unspecified atom stereocenters. The summed E-state index contributed by atoms with van der Waals surface area (Å²) in [5, 5.41) is 16.3. The van der Waals surface area contributed by atoms with Crippen LogP contribution in [-0.4, -0.2) is 52.7 Å². The number of rotatable bonds is 3. The number of aromatic nitrogens is 1. The highest BCUT2D eigenvalue weighted by Crippen LogP contribution is 2.47. The predicted octanol–water partition coefficient (Wildman–Crippen LogP) is 4.59. The average Bonchev–Trinajstić information content (AvgIpc) is 3.46. The first kappa shape index (κ1) is 23.0. The summed E-state index contributed by atoms with van der Waals surface area (Å²) < 4.78 is 0. The van der Waals surface area contributed by atoms with Gasteiger partial charge in [-0.05, 0) is 60.1 Å². The number of aliphatic hydroxyl groups is 1. The lowest BCUT2D eigenvalue weighted by atomic mass is 9.63. The summed E-state index contributed by atoms with van der Waals surface area (Å²) in [5.41, 5.74) is 5.69. The van der Waals surface area contributed by atoms with Crippen molar-refractivity contribution in [3.8, 4) is 11.3 Å². The molecule has 0 saturated carbocycles. The van der Waals surface area contributed by atoms with E-state index in [1.165, 1.54) is 34.5 Å². The molecule has 33 heavy (non-hydrogen) atoms. The van der Waals surface area contributed by atoms with Gasteiger partial charge in [0.1, 0.15) is 0 Å². The van der Waals surface area contributed by atoms with Crippen LogP contribution in [0.2, 0.25) is 0 Å². The first-order chi connectivity index (χ1) is 15.6. The number of hydrogen-bond donors (Lipinski definition) is 2. The van der Waals surface area contributed by atoms with Crippen LogP contribution in [0.4, 0.5) is 0 Å². The zero-order valence-electron chi connectivity index (χ0n) is 20.4. The van der Waals surface area contributed by atoms with Crippen molar-refractivity contribution in [2.75, 3.05) is 19.6 Å². The number of piperidine rings is 1. The van der Waals surface area contributed by atoms with Gasteiger partial charge in [0.15, 0.2) is 0 Å². The third-order valence-electron chi connectivity index (χ3n) is 8.23. The molecule has 2 N–H and O–H groups in total. The van der Waals surface area contributed by atoms with Gasteiger partial charge in [0.05, 0.1) is 22.8 Å². The number of β-amino-alcohol motifs (C(OH)–C–C–N with tert-alkyl or cyclic N) is 1. The van der Waals surface area contributed by atoms with Crippen molar-refractivity contribution in [3.05, 3.63) is 39.7 Å². The molecule has 6 heteroatoms. The molecule has 0 spiro atoms. The van der Waals surface area contributed by atoms with E-state index in [0.717, 1.165) is 31.6 Å². The van der Waals surface area contributed by atoms with E-state index in [0.29, 0.717) is 18.9 Å². The highest BCUT2D eigenvalue weighted by Gasteiger charge is 2.37. The van der Waals surface area contributed by atoms with Gasteiger partial charge in [0, 0.05) is 36.5 Å². The van der Waals surface area contributed by atoms with Crippen molar-refractivity contribution in [2.24, 2.45) is 0 Å². The molecule has 1 aliphatic carbocycles. The minimum absolute atomic E-state index is 0.143. The van der Waals surface area contributed by atoms with E-state index >= 15 is 0 Å². The second kappa shape index (κ2) is 8.47. The Morgan fingerprint density at radius 3 is 2.48 bits per heavy atom. The summed E-state index contributed by atoms with van der Waals surface area (Å²) in [7, 11) is 0. The summed E-state index contributed by atoms with van der Waals surface area (Å²) >= 11 is 1.76. The van der Waals surface area contributed by atoms with Gasteiger partial charge in [-0.3, -0.25) is 4.79 Å². The molecule has 3 heterocycles. The zero-order valence-corrected chi connectivity index (χ0v) is 21.2. The van der Waals surface area contributed by atoms with Gasteiger partial charge in [0.25, 0.3) is 0 Å². The van der Waals surface area contributed by atoms with Crippen LogP contribution in [0.25, 0.3) is 11.3 Å². The van der Waals surface area contributed by atoms with Crippen molar-refractivity contribution >= 4 is 17.2 Å². The Morgan fingerprint density at radius 1 is 1.12 bits per heavy atom. The molecule has 2 aromatic rings. The van der Waals surface area contributed by atoms with E-state index in [4.69, 9.17) is 4.98 Å². The summed E-state index contributed by atoms with van der Waals surface area (Å²) in [6.07, 6.45) is 4.49. The van der Waals surface area contributed by atoms with Gasteiger partial charge in [0.2, 0.25) is 5.91 Å². The second-order valence-electron chi connectivity index (χ2n) is 11.5. The monoisotopic (exact) mass is 467 g/mol. The smallest absolute Gasteiger partial charge is 0.239 e. The number of hydrogen-bond acceptors (Lipinski definition) is 5. The van der Waals surface area contributed by atoms with Crippen molar-refractivity contribution in [3.63, 3.8) is 0 Å². The summed E-state index contributed by atoms with van der Waals surface area (Å²) in [6.45, 7) is 11.5. The maximum atomic E-state index is 12.7. The minimum Gasteiger partial charge on any atom is -0.392 e. The van der Waals surface area contributed by atoms with Gasteiger partial charge in [-0.2, -0.15) is 0 Å². The SMILES string of the molecule is CC1(C)CCC(C)(C)c2cc(-c3csc(C4CCN(C(=O)[C@@H]5C[C@H](O)CN5)CC4)n3)ccc21. The number of fused-ring (bicyclic) bond motifs is 1. The van der Waals surface area contributed by atoms with E-state index in [2.05, 4.69) is 56.6 Å². The standard InChI is InChI=1S/C27H37N3O2S/c1-26(2)9-10-27(3,4)21-13-18(5-6-20(21)26)23-16-33-24(29-23)17-7-11-30(12-8-17)25(32)22-14-19(31)15-28-22/h5-6,13,16-17,19,22,28,31H,7-12,14-15H2,1-4H3/t19-,22-/m0/s1. The van der Waals surface area contributed by atoms with Gasteiger partial charge >= 0.3 is 0 Å². The molecule has 3 aliphatic rings. The molecule has 1 aromatic carbocycles. The first-order valence-corrected chi connectivity index (χ1v) is 13.3. The topological polar surface area (TPSA) is 65.5 Å². The van der Waals surface area contributed by atoms with Gasteiger partial charge in [-0.25, -0.2) is 4.98 Å². The molecule has 2 atom stereocenters. The molecule has 2 fully saturated rings. The summed E-state index contributed by atoms with van der Waals surface area (Å²) in [4.78, 5) is 19.8. The highest BCUT2D eigenvalue weighted by atomic mass is 32.1. The number of carbonyl (C=O) groups is 1. The predicted molar refractivity (Wildman–Crippen MR) is 134 cm³/mol. The van der Waals surface area contributed by atoms with Crippen LogP contribution in [0.3, 0.4) is 0 Å². The van der Waals surface area contributed by atoms with Crippen molar-refractivity contribution in [1.82, 2.24) is 15.2 Å². The Bertz CT molecular complexity index is 1040. The Labute approximate surface area is 201 Å². The van der Waals surface area contributed by atoms with Crippen LogP contribution in [0.15, 0.2) is 23.6 Å². The normalized spacial score (nSPS) is 26.9. The van der Waals surface area contributed by atoms with E-state index in [1.54, 1.807) is 11.3 Å². The van der Waals surface area contributed by atoms with E-state index in [1.807, 2.05) is 4.90 Å². The molecular formula is C27H37N3O2S. The molecule has 0 bridgehead atoms. The van der Waals surface area contributed by atoms with Crippen molar-refractivity contribution in [2.45, 2.75) is 88.7 Å². The van der Waals surface area contributed by atoms with Crippen LogP contribution in [0.5, 0.6) is 0 Å². The van der Waals surface area contributed by atoms with E-state index < -0.39 is 6.10 Å². The highest BCUT2D eigenvalue weighted by molar-refractivity contribution is 7.10. The number of likely N-dealkylation sites (tertiary alicyclic amines) is 1. The Kier molecular flexibility index (Phi) is 5.91. The Morgan fingerprint density at radius 2 is 1.82 bits per heavy atom. The molecule has 178 valence electrons. The zero-order chi connectivity index (χ0) is 23.4. The lowest BCUT2D eigenvalue weighted by Gasteiger charge is -2.42. The Hall–Kier alpha value is -1.76. The number of amides is 1. The number of benzene rings is 1. The summed E-state index contributed by atoms with van der Waals surface area (Å²) in [6, 6.07) is 6.76. The number of aliphatic hydroxyl groups excluding tert-OH is 1. The Balaban J connectivity index is 1.28. The fourth-order valence-electron chi connectivity index (χ4n) is 5.83. The fourth-order valence-corrected chi connectivity index (χ4v) is 6.83. The van der Waals surface area contributed by atoms with Crippen LogP contribution in [-0.2, 0) is 15.6 Å². The molecule has 5 nitrogen and oxygen atoms in total. The number of nitrogens with one attached hydrogen (secondary N) is 1.